The van der Waals surface area contributed by atoms with E-state index in [1.165, 1.54) is 6.92 Å². The van der Waals surface area contributed by atoms with Gasteiger partial charge in [0.2, 0.25) is 0 Å². The van der Waals surface area contributed by atoms with Gasteiger partial charge in [0.05, 0.1) is 6.61 Å². The molecule has 0 unspecified atom stereocenters. The maximum atomic E-state index is 12.7. The van der Waals surface area contributed by atoms with E-state index in [0.29, 0.717) is 32.7 Å². The number of amides is 2. The van der Waals surface area contributed by atoms with Crippen molar-refractivity contribution in [2.24, 2.45) is 0 Å². The van der Waals surface area contributed by atoms with Crippen LogP contribution in [-0.2, 0) is 12.6 Å². The largest absolute Gasteiger partial charge is 0.433 e. The third-order valence-corrected chi connectivity index (χ3v) is 3.89. The lowest BCUT2D eigenvalue weighted by Crippen LogP contribution is -2.52. The number of hydrogen-bond donors (Lipinski definition) is 2. The molecule has 0 spiro atoms. The topological polar surface area (TPSA) is 81.6 Å². The molecule has 0 bridgehead atoms. The molecule has 0 aliphatic carbocycles. The Morgan fingerprint density at radius 2 is 1.96 bits per heavy atom. The molecule has 2 amide bonds. The third-order valence-electron chi connectivity index (χ3n) is 3.89. The summed E-state index contributed by atoms with van der Waals surface area (Å²) in [5, 5.41) is 11.6. The molecule has 1 aliphatic heterocycles. The minimum Gasteiger partial charge on any atom is -0.395 e. The fraction of sp³-hybridized carbons (Fsp3) is 0.667. The number of rotatable bonds is 5. The van der Waals surface area contributed by atoms with Crippen molar-refractivity contribution in [2.75, 3.05) is 45.9 Å². The van der Waals surface area contributed by atoms with E-state index in [4.69, 9.17) is 5.11 Å². The van der Waals surface area contributed by atoms with Gasteiger partial charge in [0.25, 0.3) is 0 Å². The second kappa shape index (κ2) is 8.43. The molecule has 2 N–H and O–H groups in total. The highest BCUT2D eigenvalue weighted by Crippen LogP contribution is 2.27. The van der Waals surface area contributed by atoms with Crippen LogP contribution in [0.3, 0.4) is 0 Å². The van der Waals surface area contributed by atoms with E-state index in [-0.39, 0.29) is 37.1 Å². The maximum absolute atomic E-state index is 12.7. The number of halogens is 3. The van der Waals surface area contributed by atoms with Gasteiger partial charge in [-0.2, -0.15) is 13.2 Å². The minimum absolute atomic E-state index is 0.0559. The van der Waals surface area contributed by atoms with Gasteiger partial charge in [-0.15, -0.1) is 0 Å². The van der Waals surface area contributed by atoms with Crippen LogP contribution in [0, 0.1) is 6.92 Å². The average Bonchev–Trinajstić information content (AvgIpc) is 2.54. The van der Waals surface area contributed by atoms with E-state index >= 15 is 0 Å². The molecule has 1 fully saturated rings. The van der Waals surface area contributed by atoms with Crippen molar-refractivity contribution in [2.45, 2.75) is 19.5 Å². The standard InChI is InChI=1S/C15H22F3N5O2/c1-11-10-12(15(16,17)18)21-13(20-11)2-3-19-14(25)23-6-4-22(5-7-23)8-9-24/h10,24H,2-9H2,1H3,(H,19,25). The van der Waals surface area contributed by atoms with Crippen LogP contribution in [0.5, 0.6) is 0 Å². The quantitative estimate of drug-likeness (QED) is 0.806. The molecule has 0 saturated carbocycles. The fourth-order valence-corrected chi connectivity index (χ4v) is 2.60. The predicted octanol–water partition coefficient (Wildman–Crippen LogP) is 0.666. The number of nitrogens with one attached hydrogen (secondary N) is 1. The van der Waals surface area contributed by atoms with E-state index in [0.717, 1.165) is 6.07 Å². The van der Waals surface area contributed by atoms with Gasteiger partial charge in [-0.1, -0.05) is 0 Å². The van der Waals surface area contributed by atoms with Crippen LogP contribution in [-0.4, -0.2) is 76.8 Å². The summed E-state index contributed by atoms with van der Waals surface area (Å²) in [7, 11) is 0. The zero-order valence-electron chi connectivity index (χ0n) is 14.0. The molecule has 0 aromatic carbocycles. The number of urea groups is 1. The highest BCUT2D eigenvalue weighted by molar-refractivity contribution is 5.74. The minimum atomic E-state index is -4.51. The molecule has 2 heterocycles. The molecule has 1 aliphatic rings. The highest BCUT2D eigenvalue weighted by atomic mass is 19.4. The van der Waals surface area contributed by atoms with E-state index in [2.05, 4.69) is 20.2 Å². The highest BCUT2D eigenvalue weighted by Gasteiger charge is 2.33. The lowest BCUT2D eigenvalue weighted by molar-refractivity contribution is -0.141. The van der Waals surface area contributed by atoms with Crippen molar-refractivity contribution in [1.29, 1.82) is 0 Å². The summed E-state index contributed by atoms with van der Waals surface area (Å²) in [4.78, 5) is 23.3. The van der Waals surface area contributed by atoms with Gasteiger partial charge in [-0.05, 0) is 13.0 Å². The summed E-state index contributed by atoms with van der Waals surface area (Å²) >= 11 is 0. The fourth-order valence-electron chi connectivity index (χ4n) is 2.60. The number of β-amino-alcohol motifs (C(OH)–C–C–N with tert-alkyl or cyclic N) is 1. The summed E-state index contributed by atoms with van der Waals surface area (Å²) in [6.07, 6.45) is -4.39. The molecule has 1 aromatic heterocycles. The van der Waals surface area contributed by atoms with Crippen LogP contribution in [0.15, 0.2) is 6.07 Å². The summed E-state index contributed by atoms with van der Waals surface area (Å²) in [5.41, 5.74) is -0.731. The number of aryl methyl sites for hydroxylation is 1. The Morgan fingerprint density at radius 1 is 1.28 bits per heavy atom. The number of hydrogen-bond acceptors (Lipinski definition) is 5. The van der Waals surface area contributed by atoms with Gasteiger partial charge in [0.15, 0.2) is 0 Å². The Hall–Kier alpha value is -1.94. The SMILES string of the molecule is Cc1cc(C(F)(F)F)nc(CCNC(=O)N2CCN(CCO)CC2)n1. The van der Waals surface area contributed by atoms with Crippen molar-refractivity contribution in [3.8, 4) is 0 Å². The summed E-state index contributed by atoms with van der Waals surface area (Å²) in [6, 6.07) is 0.640. The molecule has 1 saturated heterocycles. The van der Waals surface area contributed by atoms with Crippen LogP contribution in [0.25, 0.3) is 0 Å². The molecule has 10 heteroatoms. The summed E-state index contributed by atoms with van der Waals surface area (Å²) in [5.74, 6) is 0.0559. The van der Waals surface area contributed by atoms with Crippen LogP contribution in [0.1, 0.15) is 17.2 Å². The van der Waals surface area contributed by atoms with Gasteiger partial charge < -0.3 is 15.3 Å². The van der Waals surface area contributed by atoms with Gasteiger partial charge in [0, 0.05) is 51.4 Å². The average molecular weight is 361 g/mol. The number of carbonyl (C=O) groups excluding carboxylic acids is 1. The molecular formula is C15H22F3N5O2. The smallest absolute Gasteiger partial charge is 0.395 e. The third kappa shape index (κ3) is 5.82. The first-order valence-electron chi connectivity index (χ1n) is 8.07. The number of aliphatic hydroxyl groups excluding tert-OH is 1. The van der Waals surface area contributed by atoms with Gasteiger partial charge in [-0.3, -0.25) is 4.90 Å². The first-order chi connectivity index (χ1) is 11.8. The number of aromatic nitrogens is 2. The number of aliphatic hydroxyl groups is 1. The maximum Gasteiger partial charge on any atom is 0.433 e. The first-order valence-corrected chi connectivity index (χ1v) is 8.07. The number of nitrogens with zero attached hydrogens (tertiary/aromatic N) is 4. The van der Waals surface area contributed by atoms with Crippen LogP contribution < -0.4 is 5.32 Å². The number of piperazine rings is 1. The Labute approximate surface area is 143 Å². The zero-order chi connectivity index (χ0) is 18.4. The monoisotopic (exact) mass is 361 g/mol. The second-order valence-corrected chi connectivity index (χ2v) is 5.84. The molecule has 7 nitrogen and oxygen atoms in total. The van der Waals surface area contributed by atoms with Crippen molar-refractivity contribution in [1.82, 2.24) is 25.1 Å². The molecular weight excluding hydrogens is 339 g/mol. The van der Waals surface area contributed by atoms with Gasteiger partial charge in [0.1, 0.15) is 11.5 Å². The molecule has 0 atom stereocenters. The predicted molar refractivity (Wildman–Crippen MR) is 84.0 cm³/mol. The normalized spacial score (nSPS) is 16.1. The van der Waals surface area contributed by atoms with Crippen molar-refractivity contribution in [3.05, 3.63) is 23.3 Å². The summed E-state index contributed by atoms with van der Waals surface area (Å²) < 4.78 is 38.2. The Bertz CT molecular complexity index is 589. The second-order valence-electron chi connectivity index (χ2n) is 5.84. The zero-order valence-corrected chi connectivity index (χ0v) is 14.0. The van der Waals surface area contributed by atoms with E-state index in [9.17, 15) is 18.0 Å². The van der Waals surface area contributed by atoms with E-state index in [1.807, 2.05) is 0 Å². The molecule has 0 radical (unpaired) electrons. The number of carbonyl (C=O) groups is 1. The lowest BCUT2D eigenvalue weighted by atomic mass is 10.3. The van der Waals surface area contributed by atoms with Crippen LogP contribution >= 0.6 is 0 Å². The first kappa shape index (κ1) is 19.4. The molecule has 2 rings (SSSR count). The Kier molecular flexibility index (Phi) is 6.54. The molecule has 140 valence electrons. The van der Waals surface area contributed by atoms with Crippen molar-refractivity contribution < 1.29 is 23.1 Å². The molecule has 1 aromatic rings. The van der Waals surface area contributed by atoms with E-state index < -0.39 is 11.9 Å². The lowest BCUT2D eigenvalue weighted by Gasteiger charge is -2.34. The van der Waals surface area contributed by atoms with Crippen molar-refractivity contribution in [3.63, 3.8) is 0 Å². The summed E-state index contributed by atoms with van der Waals surface area (Å²) in [6.45, 7) is 4.77. The Morgan fingerprint density at radius 3 is 2.56 bits per heavy atom. The van der Waals surface area contributed by atoms with Crippen LogP contribution in [0.2, 0.25) is 0 Å². The molecule has 25 heavy (non-hydrogen) atoms. The van der Waals surface area contributed by atoms with E-state index in [1.54, 1.807) is 4.90 Å². The van der Waals surface area contributed by atoms with Gasteiger partial charge in [-0.25, -0.2) is 14.8 Å². The van der Waals surface area contributed by atoms with Gasteiger partial charge >= 0.3 is 12.2 Å². The van der Waals surface area contributed by atoms with Crippen molar-refractivity contribution >= 4 is 6.03 Å². The Balaban J connectivity index is 1.81. The number of alkyl halides is 3. The van der Waals surface area contributed by atoms with Crippen LogP contribution in [0.4, 0.5) is 18.0 Å².